The first-order chi connectivity index (χ1) is 7.54. The molecular weight excluding hydrogens is 212 g/mol. The number of hydrogen-bond acceptors (Lipinski definition) is 5. The third-order valence-corrected chi connectivity index (χ3v) is 2.02. The van der Waals surface area contributed by atoms with E-state index in [1.54, 1.807) is 19.1 Å². The van der Waals surface area contributed by atoms with Crippen molar-refractivity contribution in [3.05, 3.63) is 33.9 Å². The number of rotatable bonds is 5. The normalized spacial score (nSPS) is 12.2. The summed E-state index contributed by atoms with van der Waals surface area (Å²) in [6.45, 7) is 1.80. The topological polar surface area (TPSA) is 98.6 Å². The highest BCUT2D eigenvalue weighted by Crippen LogP contribution is 2.27. The molecule has 6 heteroatoms. The van der Waals surface area contributed by atoms with Gasteiger partial charge in [-0.15, -0.1) is 0 Å². The molecule has 1 aromatic carbocycles. The van der Waals surface area contributed by atoms with E-state index in [9.17, 15) is 15.2 Å². The van der Waals surface area contributed by atoms with Crippen molar-refractivity contribution < 1.29 is 14.8 Å². The molecule has 0 bridgehead atoms. The van der Waals surface area contributed by atoms with Crippen LogP contribution < -0.4 is 10.5 Å². The van der Waals surface area contributed by atoms with E-state index >= 15 is 0 Å². The lowest BCUT2D eigenvalue weighted by atomic mass is 10.2. The van der Waals surface area contributed by atoms with E-state index in [1.807, 2.05) is 0 Å². The Hall–Kier alpha value is -1.66. The van der Waals surface area contributed by atoms with Crippen molar-refractivity contribution in [2.75, 3.05) is 13.2 Å². The van der Waals surface area contributed by atoms with Gasteiger partial charge in [0.2, 0.25) is 0 Å². The van der Waals surface area contributed by atoms with Gasteiger partial charge in [-0.2, -0.15) is 0 Å². The second-order valence-corrected chi connectivity index (χ2v) is 3.43. The maximum Gasteiger partial charge on any atom is 0.310 e. The second kappa shape index (κ2) is 5.43. The summed E-state index contributed by atoms with van der Waals surface area (Å²) in [7, 11) is 0. The maximum absolute atomic E-state index is 10.7. The van der Waals surface area contributed by atoms with Crippen molar-refractivity contribution in [2.45, 2.75) is 13.0 Å². The van der Waals surface area contributed by atoms with E-state index in [2.05, 4.69) is 0 Å². The molecule has 0 radical (unpaired) electrons. The molecule has 0 spiro atoms. The largest absolute Gasteiger partial charge is 0.484 e. The molecule has 1 atom stereocenters. The summed E-state index contributed by atoms with van der Waals surface area (Å²) in [4.78, 5) is 10.2. The average Bonchev–Trinajstić information content (AvgIpc) is 2.25. The number of aliphatic hydroxyl groups excluding tert-OH is 1. The lowest BCUT2D eigenvalue weighted by Crippen LogP contribution is -2.26. The van der Waals surface area contributed by atoms with E-state index in [1.165, 1.54) is 6.07 Å². The highest BCUT2D eigenvalue weighted by Gasteiger charge is 2.15. The number of aryl methyl sites for hydroxylation is 1. The van der Waals surface area contributed by atoms with Gasteiger partial charge in [-0.25, -0.2) is 0 Å². The minimum absolute atomic E-state index is 0.0548. The smallest absolute Gasteiger partial charge is 0.310 e. The van der Waals surface area contributed by atoms with Crippen molar-refractivity contribution >= 4 is 5.69 Å². The standard InChI is InChI=1S/C10H14N2O4/c1-7-2-3-9(12(14)15)10(4-7)16-6-8(13)5-11/h2-4,8,13H,5-6,11H2,1H3. The van der Waals surface area contributed by atoms with Gasteiger partial charge in [-0.05, 0) is 18.6 Å². The average molecular weight is 226 g/mol. The van der Waals surface area contributed by atoms with E-state index in [0.717, 1.165) is 5.56 Å². The van der Waals surface area contributed by atoms with E-state index < -0.39 is 11.0 Å². The molecule has 0 saturated carbocycles. The summed E-state index contributed by atoms with van der Waals surface area (Å²) < 4.78 is 5.16. The molecule has 0 aliphatic heterocycles. The molecule has 0 amide bonds. The van der Waals surface area contributed by atoms with Gasteiger partial charge in [0.05, 0.1) is 4.92 Å². The zero-order valence-corrected chi connectivity index (χ0v) is 8.92. The minimum Gasteiger partial charge on any atom is -0.484 e. The summed E-state index contributed by atoms with van der Waals surface area (Å²) >= 11 is 0. The van der Waals surface area contributed by atoms with Crippen LogP contribution in [0.1, 0.15) is 5.56 Å². The fourth-order valence-corrected chi connectivity index (χ4v) is 1.14. The van der Waals surface area contributed by atoms with Crippen LogP contribution in [0.3, 0.4) is 0 Å². The molecule has 0 aliphatic carbocycles. The maximum atomic E-state index is 10.7. The number of benzene rings is 1. The number of aliphatic hydroxyl groups is 1. The number of nitrogens with two attached hydrogens (primary N) is 1. The molecule has 0 aliphatic rings. The zero-order chi connectivity index (χ0) is 12.1. The number of ether oxygens (including phenoxy) is 1. The fourth-order valence-electron chi connectivity index (χ4n) is 1.14. The third kappa shape index (κ3) is 3.18. The molecule has 0 heterocycles. The van der Waals surface area contributed by atoms with Gasteiger partial charge in [0.15, 0.2) is 5.75 Å². The molecular formula is C10H14N2O4. The number of nitrogens with zero attached hydrogens (tertiary/aromatic N) is 1. The van der Waals surface area contributed by atoms with E-state index in [4.69, 9.17) is 10.5 Å². The van der Waals surface area contributed by atoms with Crippen LogP contribution in [0.25, 0.3) is 0 Å². The van der Waals surface area contributed by atoms with Crippen LogP contribution >= 0.6 is 0 Å². The van der Waals surface area contributed by atoms with Crippen molar-refractivity contribution in [3.8, 4) is 5.75 Å². The first kappa shape index (κ1) is 12.4. The predicted octanol–water partition coefficient (Wildman–Crippen LogP) is 0.602. The van der Waals surface area contributed by atoms with Crippen LogP contribution in [0, 0.1) is 17.0 Å². The second-order valence-electron chi connectivity index (χ2n) is 3.43. The SMILES string of the molecule is Cc1ccc([N+](=O)[O-])c(OCC(O)CN)c1. The van der Waals surface area contributed by atoms with Crippen LogP contribution in [0.5, 0.6) is 5.75 Å². The minimum atomic E-state index is -0.819. The molecule has 0 fully saturated rings. The molecule has 88 valence electrons. The lowest BCUT2D eigenvalue weighted by molar-refractivity contribution is -0.385. The summed E-state index contributed by atoms with van der Waals surface area (Å²) in [5, 5.41) is 19.9. The van der Waals surface area contributed by atoms with Gasteiger partial charge in [-0.1, -0.05) is 6.07 Å². The highest BCUT2D eigenvalue weighted by molar-refractivity contribution is 5.48. The van der Waals surface area contributed by atoms with Crippen molar-refractivity contribution in [1.82, 2.24) is 0 Å². The molecule has 16 heavy (non-hydrogen) atoms. The molecule has 0 saturated heterocycles. The van der Waals surface area contributed by atoms with Gasteiger partial charge in [0.25, 0.3) is 0 Å². The predicted molar refractivity (Wildman–Crippen MR) is 58.4 cm³/mol. The Balaban J connectivity index is 2.84. The molecule has 1 rings (SSSR count). The number of nitro benzene ring substituents is 1. The highest BCUT2D eigenvalue weighted by atomic mass is 16.6. The summed E-state index contributed by atoms with van der Waals surface area (Å²) in [6.07, 6.45) is -0.819. The summed E-state index contributed by atoms with van der Waals surface area (Å²) in [6, 6.07) is 4.56. The fraction of sp³-hybridized carbons (Fsp3) is 0.400. The van der Waals surface area contributed by atoms with E-state index in [0.29, 0.717) is 0 Å². The van der Waals surface area contributed by atoms with Crippen molar-refractivity contribution in [3.63, 3.8) is 0 Å². The van der Waals surface area contributed by atoms with Crippen LogP contribution in [-0.2, 0) is 0 Å². The van der Waals surface area contributed by atoms with Crippen molar-refractivity contribution in [1.29, 1.82) is 0 Å². The van der Waals surface area contributed by atoms with Crippen LogP contribution in [0.4, 0.5) is 5.69 Å². The lowest BCUT2D eigenvalue weighted by Gasteiger charge is -2.10. The molecule has 0 aromatic heterocycles. The van der Waals surface area contributed by atoms with Crippen LogP contribution in [0.2, 0.25) is 0 Å². The van der Waals surface area contributed by atoms with E-state index in [-0.39, 0.29) is 24.6 Å². The number of hydrogen-bond donors (Lipinski definition) is 2. The number of nitro groups is 1. The first-order valence-corrected chi connectivity index (χ1v) is 4.80. The van der Waals surface area contributed by atoms with Gasteiger partial charge in [0, 0.05) is 12.6 Å². The van der Waals surface area contributed by atoms with Gasteiger partial charge >= 0.3 is 5.69 Å². The summed E-state index contributed by atoms with van der Waals surface area (Å²) in [5.41, 5.74) is 5.93. The molecule has 3 N–H and O–H groups in total. The van der Waals surface area contributed by atoms with Crippen LogP contribution in [-0.4, -0.2) is 29.3 Å². The summed E-state index contributed by atoms with van der Waals surface area (Å²) in [5.74, 6) is 0.150. The zero-order valence-electron chi connectivity index (χ0n) is 8.92. The third-order valence-electron chi connectivity index (χ3n) is 2.02. The van der Waals surface area contributed by atoms with Crippen LogP contribution in [0.15, 0.2) is 18.2 Å². The quantitative estimate of drug-likeness (QED) is 0.566. The Morgan fingerprint density at radius 3 is 2.88 bits per heavy atom. The first-order valence-electron chi connectivity index (χ1n) is 4.80. The van der Waals surface area contributed by atoms with Gasteiger partial charge in [-0.3, -0.25) is 10.1 Å². The monoisotopic (exact) mass is 226 g/mol. The Labute approximate surface area is 92.8 Å². The Morgan fingerprint density at radius 2 is 2.31 bits per heavy atom. The Bertz CT molecular complexity index is 381. The van der Waals surface area contributed by atoms with Gasteiger partial charge in [0.1, 0.15) is 12.7 Å². The molecule has 1 unspecified atom stereocenters. The van der Waals surface area contributed by atoms with Gasteiger partial charge < -0.3 is 15.6 Å². The Morgan fingerprint density at radius 1 is 1.62 bits per heavy atom. The van der Waals surface area contributed by atoms with Crippen molar-refractivity contribution in [2.24, 2.45) is 5.73 Å². The molecule has 6 nitrogen and oxygen atoms in total. The Kier molecular flexibility index (Phi) is 4.21. The molecule has 1 aromatic rings.